The van der Waals surface area contributed by atoms with Crippen LogP contribution in [0.15, 0.2) is 12.2 Å². The fourth-order valence-electron chi connectivity index (χ4n) is 1.55. The summed E-state index contributed by atoms with van der Waals surface area (Å²) in [5.41, 5.74) is -0.680. The van der Waals surface area contributed by atoms with Crippen LogP contribution in [0.2, 0.25) is 0 Å². The number of ether oxygens (including phenoxy) is 2. The third kappa shape index (κ3) is 12.4. The van der Waals surface area contributed by atoms with Crippen LogP contribution in [0.25, 0.3) is 0 Å². The summed E-state index contributed by atoms with van der Waals surface area (Å²) in [6.45, 7) is 13.6. The summed E-state index contributed by atoms with van der Waals surface area (Å²) in [5, 5.41) is 4.97. The van der Waals surface area contributed by atoms with Gasteiger partial charge in [0, 0.05) is 6.54 Å². The normalized spacial score (nSPS) is 13.0. The zero-order chi connectivity index (χ0) is 18.3. The summed E-state index contributed by atoms with van der Waals surface area (Å²) in [5.74, 6) is 0. The van der Waals surface area contributed by atoms with E-state index in [0.29, 0.717) is 5.57 Å². The van der Waals surface area contributed by atoms with Crippen LogP contribution in [-0.4, -0.2) is 42.6 Å². The maximum absolute atomic E-state index is 13.0. The van der Waals surface area contributed by atoms with Crippen LogP contribution >= 0.6 is 0 Å². The van der Waals surface area contributed by atoms with Crippen LogP contribution in [-0.2, 0) is 9.47 Å². The van der Waals surface area contributed by atoms with E-state index in [-0.39, 0.29) is 13.0 Å². The summed E-state index contributed by atoms with van der Waals surface area (Å²) in [4.78, 5) is 23.1. The Labute approximate surface area is 137 Å². The predicted octanol–water partition coefficient (Wildman–Crippen LogP) is 3.32. The smallest absolute Gasteiger partial charge is 0.407 e. The number of halogens is 1. The second-order valence-corrected chi connectivity index (χ2v) is 7.31. The van der Waals surface area contributed by atoms with Gasteiger partial charge in [-0.1, -0.05) is 12.2 Å². The van der Waals surface area contributed by atoms with Crippen LogP contribution in [0.3, 0.4) is 0 Å². The van der Waals surface area contributed by atoms with E-state index in [1.54, 1.807) is 41.5 Å². The topological polar surface area (TPSA) is 76.7 Å². The quantitative estimate of drug-likeness (QED) is 0.732. The molecule has 0 saturated carbocycles. The molecule has 0 rings (SSSR count). The summed E-state index contributed by atoms with van der Waals surface area (Å²) < 4.78 is 23.2. The summed E-state index contributed by atoms with van der Waals surface area (Å²) in [7, 11) is 0. The summed E-state index contributed by atoms with van der Waals surface area (Å²) in [6.07, 6.45) is -1.07. The highest BCUT2D eigenvalue weighted by Crippen LogP contribution is 2.10. The van der Waals surface area contributed by atoms with E-state index in [1.165, 1.54) is 0 Å². The SMILES string of the molecule is C=C(CNC(=O)OC(C)(C)C)CC(CF)NC(=O)OC(C)(C)C. The van der Waals surface area contributed by atoms with E-state index >= 15 is 0 Å². The molecule has 1 atom stereocenters. The van der Waals surface area contributed by atoms with E-state index in [4.69, 9.17) is 9.47 Å². The molecule has 6 nitrogen and oxygen atoms in total. The largest absolute Gasteiger partial charge is 0.444 e. The van der Waals surface area contributed by atoms with Crippen molar-refractivity contribution in [1.29, 1.82) is 0 Å². The van der Waals surface area contributed by atoms with Crippen molar-refractivity contribution in [3.8, 4) is 0 Å². The predicted molar refractivity (Wildman–Crippen MR) is 87.1 cm³/mol. The van der Waals surface area contributed by atoms with Crippen molar-refractivity contribution in [1.82, 2.24) is 10.6 Å². The van der Waals surface area contributed by atoms with Crippen molar-refractivity contribution in [3.05, 3.63) is 12.2 Å². The van der Waals surface area contributed by atoms with E-state index in [9.17, 15) is 14.0 Å². The number of amides is 2. The molecule has 0 saturated heterocycles. The van der Waals surface area contributed by atoms with Gasteiger partial charge < -0.3 is 20.1 Å². The standard InChI is InChI=1S/C16H29FN2O4/c1-11(10-18-13(20)22-15(2,3)4)8-12(9-17)19-14(21)23-16(5,6)7/h12H,1,8-10H2,2-7H3,(H,18,20)(H,19,21). The Morgan fingerprint density at radius 3 is 1.96 bits per heavy atom. The third-order valence-electron chi connectivity index (χ3n) is 2.32. The first-order valence-electron chi connectivity index (χ1n) is 7.51. The van der Waals surface area contributed by atoms with Gasteiger partial charge in [-0.2, -0.15) is 0 Å². The molecular weight excluding hydrogens is 303 g/mol. The zero-order valence-electron chi connectivity index (χ0n) is 14.9. The summed E-state index contributed by atoms with van der Waals surface area (Å²) in [6, 6.07) is -0.752. The van der Waals surface area contributed by atoms with Crippen LogP contribution in [0, 0.1) is 0 Å². The van der Waals surface area contributed by atoms with Crippen molar-refractivity contribution in [2.45, 2.75) is 65.2 Å². The Bertz CT molecular complexity index is 425. The lowest BCUT2D eigenvalue weighted by Crippen LogP contribution is -2.41. The number of nitrogens with one attached hydrogen (secondary N) is 2. The molecule has 7 heteroatoms. The molecule has 0 bridgehead atoms. The molecule has 2 N–H and O–H groups in total. The molecule has 0 aromatic rings. The number of hydrogen-bond donors (Lipinski definition) is 2. The average Bonchev–Trinajstić information content (AvgIpc) is 2.31. The second-order valence-electron chi connectivity index (χ2n) is 7.31. The first kappa shape index (κ1) is 21.2. The van der Waals surface area contributed by atoms with E-state index in [0.717, 1.165) is 0 Å². The Hall–Kier alpha value is -1.79. The zero-order valence-corrected chi connectivity index (χ0v) is 14.9. The maximum atomic E-state index is 13.0. The number of carbonyl (C=O) groups is 2. The van der Waals surface area contributed by atoms with Crippen molar-refractivity contribution in [2.75, 3.05) is 13.2 Å². The Balaban J connectivity index is 4.24. The third-order valence-corrected chi connectivity index (χ3v) is 2.32. The van der Waals surface area contributed by atoms with Crippen LogP contribution in [0.1, 0.15) is 48.0 Å². The minimum atomic E-state index is -0.759. The van der Waals surface area contributed by atoms with Gasteiger partial charge in [0.1, 0.15) is 17.9 Å². The molecule has 0 aliphatic heterocycles. The number of rotatable bonds is 6. The molecule has 0 aromatic heterocycles. The van der Waals surface area contributed by atoms with E-state index in [1.807, 2.05) is 0 Å². The molecule has 0 heterocycles. The minimum Gasteiger partial charge on any atom is -0.444 e. The van der Waals surface area contributed by atoms with Gasteiger partial charge in [-0.25, -0.2) is 14.0 Å². The molecule has 0 fully saturated rings. The van der Waals surface area contributed by atoms with Crippen molar-refractivity contribution in [3.63, 3.8) is 0 Å². The van der Waals surface area contributed by atoms with Crippen LogP contribution in [0.5, 0.6) is 0 Å². The number of carbonyl (C=O) groups excluding carboxylic acids is 2. The molecule has 0 aromatic carbocycles. The maximum Gasteiger partial charge on any atom is 0.407 e. The lowest BCUT2D eigenvalue weighted by Gasteiger charge is -2.23. The van der Waals surface area contributed by atoms with Gasteiger partial charge in [-0.05, 0) is 48.0 Å². The van der Waals surface area contributed by atoms with Gasteiger partial charge in [0.25, 0.3) is 0 Å². The fourth-order valence-corrected chi connectivity index (χ4v) is 1.55. The van der Waals surface area contributed by atoms with Gasteiger partial charge >= 0.3 is 12.2 Å². The molecule has 0 radical (unpaired) electrons. The first-order valence-corrected chi connectivity index (χ1v) is 7.51. The second kappa shape index (κ2) is 8.74. The van der Waals surface area contributed by atoms with Gasteiger partial charge in [0.15, 0.2) is 0 Å². The Morgan fingerprint density at radius 2 is 1.52 bits per heavy atom. The van der Waals surface area contributed by atoms with E-state index in [2.05, 4.69) is 17.2 Å². The fraction of sp³-hybridized carbons (Fsp3) is 0.750. The van der Waals surface area contributed by atoms with Crippen LogP contribution < -0.4 is 10.6 Å². The van der Waals surface area contributed by atoms with Gasteiger partial charge in [0.05, 0.1) is 6.04 Å². The summed E-state index contributed by atoms with van der Waals surface area (Å²) >= 11 is 0. The number of alkyl carbamates (subject to hydrolysis) is 2. The van der Waals surface area contributed by atoms with Crippen molar-refractivity contribution < 1.29 is 23.5 Å². The first-order chi connectivity index (χ1) is 10.3. The van der Waals surface area contributed by atoms with Gasteiger partial charge in [0.2, 0.25) is 0 Å². The molecule has 0 aliphatic carbocycles. The monoisotopic (exact) mass is 332 g/mol. The van der Waals surface area contributed by atoms with Crippen molar-refractivity contribution in [2.24, 2.45) is 0 Å². The Morgan fingerprint density at radius 1 is 1.04 bits per heavy atom. The lowest BCUT2D eigenvalue weighted by molar-refractivity contribution is 0.0488. The van der Waals surface area contributed by atoms with Crippen LogP contribution in [0.4, 0.5) is 14.0 Å². The highest BCUT2D eigenvalue weighted by Gasteiger charge is 2.20. The molecule has 1 unspecified atom stereocenters. The minimum absolute atomic E-state index is 0.140. The average molecular weight is 332 g/mol. The Kier molecular flexibility index (Phi) is 8.06. The molecular formula is C16H29FN2O4. The van der Waals surface area contributed by atoms with Crippen molar-refractivity contribution >= 4 is 12.2 Å². The van der Waals surface area contributed by atoms with Gasteiger partial charge in [-0.3, -0.25) is 0 Å². The molecule has 0 aliphatic rings. The molecule has 0 spiro atoms. The number of hydrogen-bond acceptors (Lipinski definition) is 4. The lowest BCUT2D eigenvalue weighted by atomic mass is 10.1. The molecule has 2 amide bonds. The highest BCUT2D eigenvalue weighted by atomic mass is 19.1. The highest BCUT2D eigenvalue weighted by molar-refractivity contribution is 5.68. The van der Waals surface area contributed by atoms with E-state index < -0.39 is 36.1 Å². The molecule has 134 valence electrons. The van der Waals surface area contributed by atoms with Gasteiger partial charge in [-0.15, -0.1) is 0 Å². The molecule has 23 heavy (non-hydrogen) atoms. The number of alkyl halides is 1.